The monoisotopic (exact) mass is 431 g/mol. The summed E-state index contributed by atoms with van der Waals surface area (Å²) < 4.78 is 15.5. The van der Waals surface area contributed by atoms with Gasteiger partial charge in [0, 0.05) is 11.3 Å². The van der Waals surface area contributed by atoms with E-state index in [0.29, 0.717) is 22.9 Å². The lowest BCUT2D eigenvalue weighted by molar-refractivity contribution is 0.622. The van der Waals surface area contributed by atoms with Crippen LogP contribution in [0.3, 0.4) is 0 Å². The summed E-state index contributed by atoms with van der Waals surface area (Å²) in [5, 5.41) is 11.6. The van der Waals surface area contributed by atoms with Crippen LogP contribution in [-0.4, -0.2) is 29.7 Å². The molecule has 4 heterocycles. The summed E-state index contributed by atoms with van der Waals surface area (Å²) in [5.74, 6) is 0.808. The molecule has 31 heavy (non-hydrogen) atoms. The molecule has 9 heteroatoms. The number of imidazole rings is 1. The first kappa shape index (κ1) is 19.1. The van der Waals surface area contributed by atoms with E-state index in [-0.39, 0.29) is 5.15 Å². The fourth-order valence-electron chi connectivity index (χ4n) is 3.20. The molecule has 152 valence electrons. The SMILES string of the molecule is Cc1ccc(Nc2ccc3c(c2)ncn3-c2cccc(-c3cc(F)cnc3Cl)n2)nn1. The molecule has 0 amide bonds. The number of anilines is 2. The number of nitrogens with one attached hydrogen (secondary N) is 1. The summed E-state index contributed by atoms with van der Waals surface area (Å²) in [6.07, 6.45) is 2.77. The van der Waals surface area contributed by atoms with Gasteiger partial charge in [0.15, 0.2) is 5.82 Å². The van der Waals surface area contributed by atoms with Gasteiger partial charge in [-0.15, -0.1) is 5.10 Å². The highest BCUT2D eigenvalue weighted by Crippen LogP contribution is 2.27. The number of aromatic nitrogens is 6. The van der Waals surface area contributed by atoms with Gasteiger partial charge >= 0.3 is 0 Å². The van der Waals surface area contributed by atoms with Gasteiger partial charge in [0.2, 0.25) is 0 Å². The molecule has 5 rings (SSSR count). The minimum atomic E-state index is -0.474. The molecule has 0 bridgehead atoms. The lowest BCUT2D eigenvalue weighted by atomic mass is 10.2. The van der Waals surface area contributed by atoms with E-state index in [0.717, 1.165) is 28.6 Å². The van der Waals surface area contributed by atoms with Crippen LogP contribution in [0.15, 0.2) is 67.1 Å². The highest BCUT2D eigenvalue weighted by Gasteiger charge is 2.11. The summed E-state index contributed by atoms with van der Waals surface area (Å²) in [6, 6.07) is 16.3. The number of nitrogens with zero attached hydrogens (tertiary/aromatic N) is 6. The molecule has 1 N–H and O–H groups in total. The van der Waals surface area contributed by atoms with Crippen LogP contribution < -0.4 is 5.32 Å². The fraction of sp³-hybridized carbons (Fsp3) is 0.0455. The maximum absolute atomic E-state index is 13.7. The number of hydrogen-bond acceptors (Lipinski definition) is 6. The predicted molar refractivity (Wildman–Crippen MR) is 117 cm³/mol. The Labute approximate surface area is 181 Å². The summed E-state index contributed by atoms with van der Waals surface area (Å²) >= 11 is 6.14. The standard InChI is InChI=1S/C22H15ClFN7/c1-13-5-8-20(30-29-13)27-15-6-7-19-18(10-15)26-12-31(19)21-4-2-3-17(28-21)16-9-14(24)11-25-22(16)23/h2-12H,1H3,(H,27,30). The summed E-state index contributed by atoms with van der Waals surface area (Å²) in [6.45, 7) is 1.89. The number of halogens is 2. The number of rotatable bonds is 4. The van der Waals surface area contributed by atoms with Crippen LogP contribution in [0.5, 0.6) is 0 Å². The minimum Gasteiger partial charge on any atom is -0.339 e. The molecule has 1 aromatic carbocycles. The zero-order chi connectivity index (χ0) is 21.4. The van der Waals surface area contributed by atoms with E-state index in [9.17, 15) is 4.39 Å². The van der Waals surface area contributed by atoms with Crippen molar-refractivity contribution in [3.8, 4) is 17.1 Å². The molecule has 0 aliphatic heterocycles. The maximum atomic E-state index is 13.7. The Morgan fingerprint density at radius 2 is 1.90 bits per heavy atom. The van der Waals surface area contributed by atoms with Crippen LogP contribution in [-0.2, 0) is 0 Å². The van der Waals surface area contributed by atoms with E-state index in [4.69, 9.17) is 11.6 Å². The van der Waals surface area contributed by atoms with Crippen molar-refractivity contribution in [3.63, 3.8) is 0 Å². The maximum Gasteiger partial charge on any atom is 0.153 e. The van der Waals surface area contributed by atoms with Crippen LogP contribution in [0.1, 0.15) is 5.69 Å². The lowest BCUT2D eigenvalue weighted by Crippen LogP contribution is -1.98. The molecule has 0 fully saturated rings. The average molecular weight is 432 g/mol. The van der Waals surface area contributed by atoms with Crippen molar-refractivity contribution in [2.45, 2.75) is 6.92 Å². The lowest BCUT2D eigenvalue weighted by Gasteiger charge is -2.08. The number of benzene rings is 1. The van der Waals surface area contributed by atoms with Crippen LogP contribution in [0.4, 0.5) is 15.9 Å². The van der Waals surface area contributed by atoms with Crippen LogP contribution >= 0.6 is 11.6 Å². The molecule has 7 nitrogen and oxygen atoms in total. The number of pyridine rings is 2. The van der Waals surface area contributed by atoms with Crippen molar-refractivity contribution < 1.29 is 4.39 Å². The van der Waals surface area contributed by atoms with Crippen LogP contribution in [0.2, 0.25) is 5.15 Å². The molecule has 0 unspecified atom stereocenters. The molecule has 0 aliphatic rings. The molecular weight excluding hydrogens is 417 g/mol. The van der Waals surface area contributed by atoms with Crippen molar-refractivity contribution in [2.24, 2.45) is 0 Å². The van der Waals surface area contributed by atoms with Gasteiger partial charge in [-0.2, -0.15) is 5.10 Å². The Bertz CT molecular complexity index is 1400. The molecule has 0 radical (unpaired) electrons. The van der Waals surface area contributed by atoms with Gasteiger partial charge in [-0.05, 0) is 55.5 Å². The number of aryl methyl sites for hydroxylation is 1. The normalized spacial score (nSPS) is 11.1. The molecule has 0 saturated carbocycles. The van der Waals surface area contributed by atoms with Gasteiger partial charge in [0.25, 0.3) is 0 Å². The second kappa shape index (κ2) is 7.73. The zero-order valence-electron chi connectivity index (χ0n) is 16.3. The van der Waals surface area contributed by atoms with E-state index in [1.165, 1.54) is 6.07 Å². The highest BCUT2D eigenvalue weighted by molar-refractivity contribution is 6.32. The van der Waals surface area contributed by atoms with E-state index in [1.54, 1.807) is 12.4 Å². The topological polar surface area (TPSA) is 81.4 Å². The third-order valence-corrected chi connectivity index (χ3v) is 4.98. The largest absolute Gasteiger partial charge is 0.339 e. The first-order chi connectivity index (χ1) is 15.1. The molecular formula is C22H15ClFN7. The highest BCUT2D eigenvalue weighted by atomic mass is 35.5. The van der Waals surface area contributed by atoms with Gasteiger partial charge in [-0.25, -0.2) is 19.3 Å². The van der Waals surface area contributed by atoms with E-state index >= 15 is 0 Å². The first-order valence-electron chi connectivity index (χ1n) is 9.40. The average Bonchev–Trinajstić information content (AvgIpc) is 3.20. The predicted octanol–water partition coefficient (Wildman–Crippen LogP) is 5.12. The summed E-state index contributed by atoms with van der Waals surface area (Å²) in [5.41, 5.74) is 4.29. The number of hydrogen-bond donors (Lipinski definition) is 1. The van der Waals surface area contributed by atoms with Crippen molar-refractivity contribution in [3.05, 3.63) is 83.8 Å². The van der Waals surface area contributed by atoms with Gasteiger partial charge in [-0.1, -0.05) is 17.7 Å². The summed E-state index contributed by atoms with van der Waals surface area (Å²) in [4.78, 5) is 13.0. The molecule has 0 saturated heterocycles. The van der Waals surface area contributed by atoms with Crippen molar-refractivity contribution in [2.75, 3.05) is 5.32 Å². The Morgan fingerprint density at radius 3 is 2.74 bits per heavy atom. The van der Waals surface area contributed by atoms with Crippen LogP contribution in [0, 0.1) is 12.7 Å². The molecule has 0 aliphatic carbocycles. The van der Waals surface area contributed by atoms with Gasteiger partial charge in [0.1, 0.15) is 23.1 Å². The van der Waals surface area contributed by atoms with Crippen LogP contribution in [0.25, 0.3) is 28.1 Å². The third kappa shape index (κ3) is 3.80. The zero-order valence-corrected chi connectivity index (χ0v) is 17.0. The van der Waals surface area contributed by atoms with Crippen molar-refractivity contribution in [1.29, 1.82) is 0 Å². The smallest absolute Gasteiger partial charge is 0.153 e. The van der Waals surface area contributed by atoms with Gasteiger partial charge < -0.3 is 5.32 Å². The Hall–Kier alpha value is -3.91. The second-order valence-corrected chi connectivity index (χ2v) is 7.23. The quantitative estimate of drug-likeness (QED) is 0.398. The molecule has 5 aromatic rings. The third-order valence-electron chi connectivity index (χ3n) is 4.68. The van der Waals surface area contributed by atoms with Gasteiger partial charge in [0.05, 0.1) is 28.6 Å². The van der Waals surface area contributed by atoms with Crippen molar-refractivity contribution in [1.82, 2.24) is 29.7 Å². The Kier molecular flexibility index (Phi) is 4.76. The molecule has 0 spiro atoms. The van der Waals surface area contributed by atoms with E-state index < -0.39 is 5.82 Å². The van der Waals surface area contributed by atoms with E-state index in [1.807, 2.05) is 54.0 Å². The number of fused-ring (bicyclic) bond motifs is 1. The van der Waals surface area contributed by atoms with Crippen molar-refractivity contribution >= 4 is 34.1 Å². The first-order valence-corrected chi connectivity index (χ1v) is 9.78. The molecule has 4 aromatic heterocycles. The summed E-state index contributed by atoms with van der Waals surface area (Å²) in [7, 11) is 0. The second-order valence-electron chi connectivity index (χ2n) is 6.88. The van der Waals surface area contributed by atoms with E-state index in [2.05, 4.69) is 30.5 Å². The van der Waals surface area contributed by atoms with Gasteiger partial charge in [-0.3, -0.25) is 4.57 Å². The Morgan fingerprint density at radius 1 is 1.00 bits per heavy atom. The molecule has 0 atom stereocenters. The Balaban J connectivity index is 1.49. The minimum absolute atomic E-state index is 0.191. The fourth-order valence-corrected chi connectivity index (χ4v) is 3.40.